The van der Waals surface area contributed by atoms with Gasteiger partial charge in [-0.1, -0.05) is 41.1 Å². The van der Waals surface area contributed by atoms with Gasteiger partial charge in [0.25, 0.3) is 0 Å². The summed E-state index contributed by atoms with van der Waals surface area (Å²) < 4.78 is 35.3. The highest BCUT2D eigenvalue weighted by molar-refractivity contribution is 7.86. The van der Waals surface area contributed by atoms with E-state index in [1.807, 2.05) is 31.2 Å². The molecular weight excluding hydrogens is 338 g/mol. The van der Waals surface area contributed by atoms with E-state index in [0.29, 0.717) is 25.2 Å². The first-order chi connectivity index (χ1) is 12.0. The molecule has 0 unspecified atom stereocenters. The maximum absolute atomic E-state index is 12.3. The number of allylic oxidation sites excluding steroid dienone is 7. The summed E-state index contributed by atoms with van der Waals surface area (Å²) >= 11 is 0. The van der Waals surface area contributed by atoms with Gasteiger partial charge in [0, 0.05) is 18.4 Å². The normalized spacial score (nSPS) is 20.6. The Morgan fingerprint density at radius 3 is 2.80 bits per heavy atom. The smallest absolute Gasteiger partial charge is 0.358 e. The van der Waals surface area contributed by atoms with Crippen molar-refractivity contribution < 1.29 is 17.4 Å². The minimum absolute atomic E-state index is 0.0947. The van der Waals surface area contributed by atoms with Gasteiger partial charge >= 0.3 is 10.1 Å². The number of aryl methyl sites for hydroxylation is 1. The minimum Gasteiger partial charge on any atom is -0.493 e. The molecule has 4 rings (SSSR count). The molecule has 2 aliphatic carbocycles. The van der Waals surface area contributed by atoms with Gasteiger partial charge in [-0.2, -0.15) is 8.42 Å². The van der Waals surface area contributed by atoms with E-state index in [-0.39, 0.29) is 4.90 Å². The Kier molecular flexibility index (Phi) is 3.84. The maximum atomic E-state index is 12.3. The van der Waals surface area contributed by atoms with Crippen molar-refractivity contribution in [3.05, 3.63) is 76.6 Å². The lowest BCUT2D eigenvalue weighted by atomic mass is 9.89. The van der Waals surface area contributed by atoms with Gasteiger partial charge in [-0.3, -0.25) is 4.28 Å². The molecule has 128 valence electrons. The van der Waals surface area contributed by atoms with E-state index in [9.17, 15) is 8.42 Å². The summed E-state index contributed by atoms with van der Waals surface area (Å²) in [7, 11) is -3.93. The first kappa shape index (κ1) is 15.9. The molecule has 0 amide bonds. The molecule has 1 heterocycles. The first-order valence-corrected chi connectivity index (χ1v) is 9.46. The molecule has 5 nitrogen and oxygen atoms in total. The van der Waals surface area contributed by atoms with Crippen LogP contribution in [0.2, 0.25) is 0 Å². The lowest BCUT2D eigenvalue weighted by molar-refractivity contribution is 0.220. The van der Waals surface area contributed by atoms with Crippen LogP contribution in [0.3, 0.4) is 0 Å². The highest BCUT2D eigenvalue weighted by atomic mass is 32.2. The average molecular weight is 355 g/mol. The predicted molar refractivity (Wildman–Crippen MR) is 94.4 cm³/mol. The first-order valence-electron chi connectivity index (χ1n) is 8.06. The Labute approximate surface area is 146 Å². The van der Waals surface area contributed by atoms with Gasteiger partial charge < -0.3 is 4.74 Å². The third kappa shape index (κ3) is 3.05. The average Bonchev–Trinajstić information content (AvgIpc) is 3.05. The highest BCUT2D eigenvalue weighted by Gasteiger charge is 2.27. The Hall–Kier alpha value is -2.60. The molecule has 0 radical (unpaired) electrons. The second-order valence-electron chi connectivity index (χ2n) is 6.15. The van der Waals surface area contributed by atoms with E-state index in [4.69, 9.17) is 9.02 Å². The molecule has 0 N–H and O–H groups in total. The summed E-state index contributed by atoms with van der Waals surface area (Å²) in [4.78, 5) is 0.0947. The van der Waals surface area contributed by atoms with E-state index in [1.54, 1.807) is 12.1 Å². The third-order valence-electron chi connectivity index (χ3n) is 4.40. The number of nitrogens with zero attached hydrogens (tertiary/aromatic N) is 1. The van der Waals surface area contributed by atoms with Gasteiger partial charge in [-0.25, -0.2) is 0 Å². The number of fused-ring (bicyclic) bond motifs is 1. The summed E-state index contributed by atoms with van der Waals surface area (Å²) in [6.45, 7) is 2.35. The van der Waals surface area contributed by atoms with Crippen LogP contribution in [0, 0.1) is 6.92 Å². The van der Waals surface area contributed by atoms with Crippen molar-refractivity contribution in [2.45, 2.75) is 24.7 Å². The largest absolute Gasteiger partial charge is 0.493 e. The number of hydrogen-bond acceptors (Lipinski definition) is 5. The van der Waals surface area contributed by atoms with E-state index < -0.39 is 10.1 Å². The van der Waals surface area contributed by atoms with Crippen LogP contribution in [0.5, 0.6) is 0 Å². The van der Waals surface area contributed by atoms with Crippen molar-refractivity contribution >= 4 is 15.8 Å². The molecular formula is C19H17NO4S. The van der Waals surface area contributed by atoms with Crippen molar-refractivity contribution in [3.63, 3.8) is 0 Å². The summed E-state index contributed by atoms with van der Waals surface area (Å²) in [6, 6.07) is 6.49. The molecule has 0 saturated carbocycles. The fourth-order valence-electron chi connectivity index (χ4n) is 3.00. The molecule has 0 aromatic heterocycles. The van der Waals surface area contributed by atoms with Crippen molar-refractivity contribution in [3.8, 4) is 0 Å². The monoisotopic (exact) mass is 355 g/mol. The summed E-state index contributed by atoms with van der Waals surface area (Å²) in [6.07, 6.45) is 9.23. The number of oxime groups is 1. The summed E-state index contributed by atoms with van der Waals surface area (Å²) in [5.41, 5.74) is 4.81. The van der Waals surface area contributed by atoms with Gasteiger partial charge in [-0.05, 0) is 36.3 Å². The van der Waals surface area contributed by atoms with Gasteiger partial charge in [0.2, 0.25) is 0 Å². The van der Waals surface area contributed by atoms with Crippen LogP contribution >= 0.6 is 0 Å². The predicted octanol–water partition coefficient (Wildman–Crippen LogP) is 3.56. The number of hydrogen-bond donors (Lipinski definition) is 0. The Morgan fingerprint density at radius 2 is 2.00 bits per heavy atom. The third-order valence-corrected chi connectivity index (χ3v) is 5.52. The van der Waals surface area contributed by atoms with Crippen LogP contribution < -0.4 is 0 Å². The number of benzene rings is 1. The van der Waals surface area contributed by atoms with Crippen molar-refractivity contribution in [2.24, 2.45) is 5.16 Å². The van der Waals surface area contributed by atoms with Crippen LogP contribution in [-0.2, 0) is 19.1 Å². The zero-order chi connectivity index (χ0) is 17.4. The number of ether oxygens (including phenoxy) is 1. The van der Waals surface area contributed by atoms with Gasteiger partial charge in [0.1, 0.15) is 10.7 Å². The quantitative estimate of drug-likeness (QED) is 0.778. The van der Waals surface area contributed by atoms with E-state index in [2.05, 4.69) is 5.16 Å². The summed E-state index contributed by atoms with van der Waals surface area (Å²) in [5.74, 6) is 0.750. The zero-order valence-electron chi connectivity index (χ0n) is 13.7. The van der Waals surface area contributed by atoms with Crippen LogP contribution in [0.4, 0.5) is 0 Å². The highest BCUT2D eigenvalue weighted by Crippen LogP contribution is 2.36. The molecule has 1 aromatic rings. The van der Waals surface area contributed by atoms with Gasteiger partial charge in [0.05, 0.1) is 12.3 Å². The molecule has 0 spiro atoms. The van der Waals surface area contributed by atoms with Gasteiger partial charge in [0.15, 0.2) is 0 Å². The molecule has 0 bridgehead atoms. The molecule has 25 heavy (non-hydrogen) atoms. The van der Waals surface area contributed by atoms with E-state index >= 15 is 0 Å². The van der Waals surface area contributed by atoms with Crippen LogP contribution in [-0.4, -0.2) is 20.7 Å². The molecule has 0 fully saturated rings. The standard InChI is InChI=1S/C19H17NO4S/c1-13-5-7-16(8-6-13)25(21,22)24-20-18-9-10-23-19-12-15-4-2-3-14(15)11-17(18)19/h2-8,12H,9-11H2,1H3. The second-order valence-corrected chi connectivity index (χ2v) is 7.68. The summed E-state index contributed by atoms with van der Waals surface area (Å²) in [5, 5.41) is 3.97. The van der Waals surface area contributed by atoms with Crippen molar-refractivity contribution in [1.29, 1.82) is 0 Å². The van der Waals surface area contributed by atoms with Crippen LogP contribution in [0.25, 0.3) is 0 Å². The lowest BCUT2D eigenvalue weighted by Gasteiger charge is -2.25. The molecule has 1 aromatic carbocycles. The van der Waals surface area contributed by atoms with Crippen LogP contribution in [0.1, 0.15) is 18.4 Å². The topological polar surface area (TPSA) is 65.0 Å². The number of rotatable bonds is 3. The minimum atomic E-state index is -3.93. The molecule has 6 heteroatoms. The zero-order valence-corrected chi connectivity index (χ0v) is 14.5. The second kappa shape index (κ2) is 6.04. The Morgan fingerprint density at radius 1 is 1.20 bits per heavy atom. The van der Waals surface area contributed by atoms with E-state index in [0.717, 1.165) is 22.5 Å². The fraction of sp³-hybridized carbons (Fsp3) is 0.211. The molecule has 3 aliphatic rings. The van der Waals surface area contributed by atoms with Gasteiger partial charge in [-0.15, -0.1) is 0 Å². The van der Waals surface area contributed by atoms with E-state index in [1.165, 1.54) is 17.7 Å². The Bertz CT molecular complexity index is 977. The van der Waals surface area contributed by atoms with Crippen LogP contribution in [0.15, 0.2) is 81.1 Å². The SMILES string of the molecule is Cc1ccc(S(=O)(=O)ON=C2CCOC3=C2CC2=CC=CC2=C3)cc1. The molecule has 1 aliphatic heterocycles. The Balaban J connectivity index is 1.61. The lowest BCUT2D eigenvalue weighted by Crippen LogP contribution is -2.20. The molecule has 0 saturated heterocycles. The van der Waals surface area contributed by atoms with Crippen molar-refractivity contribution in [2.75, 3.05) is 6.61 Å². The molecule has 0 atom stereocenters. The maximum Gasteiger partial charge on any atom is 0.358 e. The van der Waals surface area contributed by atoms with Crippen molar-refractivity contribution in [1.82, 2.24) is 0 Å². The fourth-order valence-corrected chi connectivity index (χ4v) is 3.75.